The summed E-state index contributed by atoms with van der Waals surface area (Å²) in [6.45, 7) is 3.04. The molecule has 0 fully saturated rings. The second kappa shape index (κ2) is 7.03. The van der Waals surface area contributed by atoms with E-state index >= 15 is 0 Å². The van der Waals surface area contributed by atoms with Crippen molar-refractivity contribution in [2.45, 2.75) is 26.7 Å². The average Bonchev–Trinajstić information content (AvgIpc) is 2.86. The fraction of sp³-hybridized carbons (Fsp3) is 0.250. The molecule has 0 radical (unpaired) electrons. The van der Waals surface area contributed by atoms with Gasteiger partial charge in [-0.25, -0.2) is 4.39 Å². The van der Waals surface area contributed by atoms with E-state index in [4.69, 9.17) is 9.15 Å². The zero-order valence-electron chi connectivity index (χ0n) is 13.0. The lowest BCUT2D eigenvalue weighted by molar-refractivity contribution is -0.385. The van der Waals surface area contributed by atoms with Gasteiger partial charge in [0.15, 0.2) is 5.78 Å². The number of aryl methyl sites for hydroxylation is 2. The number of nitrogens with zero attached hydrogens (tertiary/aromatic N) is 1. The Bertz CT molecular complexity index is 811. The van der Waals surface area contributed by atoms with E-state index in [0.717, 1.165) is 18.2 Å². The van der Waals surface area contributed by atoms with Gasteiger partial charge in [-0.1, -0.05) is 0 Å². The van der Waals surface area contributed by atoms with Crippen molar-refractivity contribution < 1.29 is 28.1 Å². The van der Waals surface area contributed by atoms with Crippen molar-refractivity contribution in [1.82, 2.24) is 0 Å². The summed E-state index contributed by atoms with van der Waals surface area (Å²) in [6, 6.07) is 4.15. The quantitative estimate of drug-likeness (QED) is 0.264. The first-order valence-corrected chi connectivity index (χ1v) is 7.02. The van der Waals surface area contributed by atoms with E-state index in [1.165, 1.54) is 13.0 Å². The van der Waals surface area contributed by atoms with Crippen LogP contribution in [0.2, 0.25) is 0 Å². The molecule has 126 valence electrons. The van der Waals surface area contributed by atoms with Gasteiger partial charge in [-0.15, -0.1) is 0 Å². The lowest BCUT2D eigenvalue weighted by Gasteiger charge is -2.04. The second-order valence-corrected chi connectivity index (χ2v) is 5.08. The minimum Gasteiger partial charge on any atom is -0.466 e. The molecule has 0 amide bonds. The first-order chi connectivity index (χ1) is 11.3. The summed E-state index contributed by atoms with van der Waals surface area (Å²) in [6.07, 6.45) is 0.00797. The summed E-state index contributed by atoms with van der Waals surface area (Å²) in [7, 11) is 0. The Labute approximate surface area is 136 Å². The van der Waals surface area contributed by atoms with Gasteiger partial charge in [0.05, 0.1) is 16.9 Å². The van der Waals surface area contributed by atoms with Crippen LogP contribution in [0.15, 0.2) is 28.7 Å². The molecule has 1 heterocycles. The minimum atomic E-state index is -0.776. The smallest absolute Gasteiger partial charge is 0.311 e. The number of benzene rings is 1. The second-order valence-electron chi connectivity index (χ2n) is 5.08. The van der Waals surface area contributed by atoms with E-state index in [0.29, 0.717) is 17.1 Å². The Balaban J connectivity index is 2.04. The lowest BCUT2D eigenvalue weighted by Crippen LogP contribution is -2.10. The largest absolute Gasteiger partial charge is 0.466 e. The highest BCUT2D eigenvalue weighted by molar-refractivity contribution is 5.95. The third-order valence-electron chi connectivity index (χ3n) is 3.27. The Hall–Kier alpha value is -3.03. The van der Waals surface area contributed by atoms with Crippen molar-refractivity contribution in [3.8, 4) is 5.75 Å². The molecule has 0 bridgehead atoms. The molecule has 1 aromatic carbocycles. The van der Waals surface area contributed by atoms with Crippen molar-refractivity contribution in [2.24, 2.45) is 0 Å². The molecular formula is C16H14FNO6. The van der Waals surface area contributed by atoms with Crippen LogP contribution in [0.1, 0.15) is 35.2 Å². The number of ether oxygens (including phenoxy) is 1. The molecule has 0 aliphatic rings. The summed E-state index contributed by atoms with van der Waals surface area (Å²) in [5.74, 6) is -1.26. The fourth-order valence-corrected chi connectivity index (χ4v) is 2.14. The number of nitro benzene ring substituents is 1. The summed E-state index contributed by atoms with van der Waals surface area (Å²) in [5, 5.41) is 10.8. The molecule has 0 unspecified atom stereocenters. The number of esters is 1. The van der Waals surface area contributed by atoms with Crippen molar-refractivity contribution in [3.63, 3.8) is 0 Å². The van der Waals surface area contributed by atoms with Crippen molar-refractivity contribution in [1.29, 1.82) is 0 Å². The number of rotatable bonds is 6. The highest BCUT2D eigenvalue weighted by Crippen LogP contribution is 2.28. The van der Waals surface area contributed by atoms with E-state index < -0.39 is 28.1 Å². The molecule has 8 heteroatoms. The van der Waals surface area contributed by atoms with E-state index in [-0.39, 0.29) is 18.6 Å². The third kappa shape index (κ3) is 4.03. The van der Waals surface area contributed by atoms with Gasteiger partial charge in [-0.3, -0.25) is 19.7 Å². The van der Waals surface area contributed by atoms with Crippen LogP contribution in [0.25, 0.3) is 0 Å². The van der Waals surface area contributed by atoms with Gasteiger partial charge in [-0.2, -0.15) is 0 Å². The van der Waals surface area contributed by atoms with Gasteiger partial charge in [0.2, 0.25) is 5.75 Å². The zero-order chi connectivity index (χ0) is 17.9. The number of ketones is 1. The molecule has 2 rings (SSSR count). The zero-order valence-corrected chi connectivity index (χ0v) is 13.0. The van der Waals surface area contributed by atoms with Crippen LogP contribution in [0, 0.1) is 22.9 Å². The standard InChI is InChI=1S/C16H14FNO6/c1-9(19)13-8-12(23-10(13)2)4-6-16(20)24-15-7-11(17)3-5-14(15)18(21)22/h3,5,7-8H,4,6H2,1-2H3. The normalized spacial score (nSPS) is 10.5. The van der Waals surface area contributed by atoms with Crippen LogP contribution in [-0.2, 0) is 11.2 Å². The predicted molar refractivity (Wildman–Crippen MR) is 80.5 cm³/mol. The molecule has 7 nitrogen and oxygen atoms in total. The Morgan fingerprint density at radius 1 is 1.33 bits per heavy atom. The van der Waals surface area contributed by atoms with Gasteiger partial charge in [0.1, 0.15) is 17.3 Å². The highest BCUT2D eigenvalue weighted by Gasteiger charge is 2.19. The number of carbonyl (C=O) groups excluding carboxylic acids is 2. The first-order valence-electron chi connectivity index (χ1n) is 7.02. The van der Waals surface area contributed by atoms with Gasteiger partial charge >= 0.3 is 11.7 Å². The van der Waals surface area contributed by atoms with Crippen LogP contribution < -0.4 is 4.74 Å². The molecular weight excluding hydrogens is 321 g/mol. The van der Waals surface area contributed by atoms with Crippen molar-refractivity contribution in [3.05, 3.63) is 57.3 Å². The average molecular weight is 335 g/mol. The Morgan fingerprint density at radius 3 is 2.62 bits per heavy atom. The topological polar surface area (TPSA) is 99.7 Å². The summed E-state index contributed by atoms with van der Waals surface area (Å²) in [4.78, 5) is 33.2. The fourth-order valence-electron chi connectivity index (χ4n) is 2.14. The maximum Gasteiger partial charge on any atom is 0.311 e. The highest BCUT2D eigenvalue weighted by atomic mass is 19.1. The van der Waals surface area contributed by atoms with Gasteiger partial charge in [0.25, 0.3) is 0 Å². The third-order valence-corrected chi connectivity index (χ3v) is 3.27. The maximum absolute atomic E-state index is 13.2. The van der Waals surface area contributed by atoms with E-state index in [1.807, 2.05) is 0 Å². The van der Waals surface area contributed by atoms with E-state index in [1.54, 1.807) is 6.92 Å². The lowest BCUT2D eigenvalue weighted by atomic mass is 10.1. The number of furan rings is 1. The molecule has 0 aliphatic heterocycles. The number of halogens is 1. The summed E-state index contributed by atoms with van der Waals surface area (Å²) in [5.41, 5.74) is -0.0726. The van der Waals surface area contributed by atoms with Crippen LogP contribution in [0.5, 0.6) is 5.75 Å². The van der Waals surface area contributed by atoms with Gasteiger partial charge in [-0.05, 0) is 26.0 Å². The monoisotopic (exact) mass is 335 g/mol. The Kier molecular flexibility index (Phi) is 5.08. The van der Waals surface area contributed by atoms with Crippen LogP contribution in [0.4, 0.5) is 10.1 Å². The number of Topliss-reactive ketones (excluding diaryl/α,β-unsaturated/α-hetero) is 1. The van der Waals surface area contributed by atoms with Crippen molar-refractivity contribution in [2.75, 3.05) is 0 Å². The van der Waals surface area contributed by atoms with Crippen LogP contribution in [-0.4, -0.2) is 16.7 Å². The van der Waals surface area contributed by atoms with Gasteiger partial charge < -0.3 is 9.15 Å². The summed E-state index contributed by atoms with van der Waals surface area (Å²) < 4.78 is 23.4. The van der Waals surface area contributed by atoms with E-state index in [2.05, 4.69) is 0 Å². The number of hydrogen-bond donors (Lipinski definition) is 0. The first kappa shape index (κ1) is 17.3. The molecule has 24 heavy (non-hydrogen) atoms. The number of carbonyl (C=O) groups is 2. The predicted octanol–water partition coefficient (Wildman–Crippen LogP) is 3.38. The molecule has 0 N–H and O–H groups in total. The van der Waals surface area contributed by atoms with E-state index in [9.17, 15) is 24.1 Å². The molecule has 0 atom stereocenters. The Morgan fingerprint density at radius 2 is 2.04 bits per heavy atom. The molecule has 0 aliphatic carbocycles. The molecule has 0 saturated carbocycles. The van der Waals surface area contributed by atoms with Crippen LogP contribution in [0.3, 0.4) is 0 Å². The SMILES string of the molecule is CC(=O)c1cc(CCC(=O)Oc2cc(F)ccc2[N+](=O)[O-])oc1C. The number of hydrogen-bond acceptors (Lipinski definition) is 6. The molecule has 2 aromatic rings. The minimum absolute atomic E-state index is 0.141. The van der Waals surface area contributed by atoms with Gasteiger partial charge in [0, 0.05) is 18.6 Å². The maximum atomic E-state index is 13.2. The molecule has 0 spiro atoms. The molecule has 1 aromatic heterocycles. The number of nitro groups is 1. The van der Waals surface area contributed by atoms with Crippen molar-refractivity contribution >= 4 is 17.4 Å². The molecule has 0 saturated heterocycles. The van der Waals surface area contributed by atoms with Crippen LogP contribution >= 0.6 is 0 Å². The summed E-state index contributed by atoms with van der Waals surface area (Å²) >= 11 is 0.